The molecule has 1 unspecified atom stereocenters. The minimum Gasteiger partial charge on any atom is -0.497 e. The van der Waals surface area contributed by atoms with Crippen LogP contribution in [0.15, 0.2) is 77.3 Å². The number of methoxy groups -OCH3 is 1. The molecule has 1 atom stereocenters. The van der Waals surface area contributed by atoms with E-state index in [1.54, 1.807) is 18.4 Å². The van der Waals surface area contributed by atoms with Crippen LogP contribution in [0.1, 0.15) is 10.7 Å². The summed E-state index contributed by atoms with van der Waals surface area (Å²) in [7, 11) is 1.62. The van der Waals surface area contributed by atoms with Crippen LogP contribution < -0.4 is 9.47 Å². The van der Waals surface area contributed by atoms with Crippen molar-refractivity contribution in [2.75, 3.05) is 19.5 Å². The first-order valence-corrected chi connectivity index (χ1v) is 11.7. The fourth-order valence-electron chi connectivity index (χ4n) is 3.00. The summed E-state index contributed by atoms with van der Waals surface area (Å²) in [6.45, 7) is 0.195. The molecule has 160 valence electrons. The quantitative estimate of drug-likeness (QED) is 0.358. The van der Waals surface area contributed by atoms with Crippen molar-refractivity contribution in [2.24, 2.45) is 0 Å². The van der Waals surface area contributed by atoms with Crippen molar-refractivity contribution in [3.63, 3.8) is 0 Å². The lowest BCUT2D eigenvalue weighted by Gasteiger charge is -2.13. The molecule has 0 radical (unpaired) electrons. The highest BCUT2D eigenvalue weighted by atomic mass is 32.2. The van der Waals surface area contributed by atoms with Gasteiger partial charge in [0, 0.05) is 22.7 Å². The normalized spacial score (nSPS) is 11.9. The molecule has 4 rings (SSSR count). The summed E-state index contributed by atoms with van der Waals surface area (Å²) in [5, 5.41) is 22.1. The molecule has 0 amide bonds. The number of benzene rings is 2. The second-order valence-electron chi connectivity index (χ2n) is 6.78. The van der Waals surface area contributed by atoms with E-state index in [4.69, 9.17) is 9.47 Å². The van der Waals surface area contributed by atoms with Crippen molar-refractivity contribution in [3.05, 3.63) is 82.8 Å². The van der Waals surface area contributed by atoms with Gasteiger partial charge in [-0.3, -0.25) is 4.57 Å². The van der Waals surface area contributed by atoms with E-state index in [1.807, 2.05) is 60.7 Å². The number of thiophene rings is 1. The predicted octanol–water partition coefficient (Wildman–Crippen LogP) is 4.46. The maximum absolute atomic E-state index is 10.4. The molecule has 0 fully saturated rings. The summed E-state index contributed by atoms with van der Waals surface area (Å²) in [6, 6.07) is 21.5. The van der Waals surface area contributed by atoms with Crippen LogP contribution in [0.5, 0.6) is 11.5 Å². The lowest BCUT2D eigenvalue weighted by atomic mass is 10.3. The Kier molecular flexibility index (Phi) is 7.24. The van der Waals surface area contributed by atoms with Crippen LogP contribution in [0.3, 0.4) is 0 Å². The van der Waals surface area contributed by atoms with Gasteiger partial charge in [-0.05, 0) is 47.8 Å². The molecule has 0 saturated carbocycles. The van der Waals surface area contributed by atoms with Gasteiger partial charge < -0.3 is 14.6 Å². The third kappa shape index (κ3) is 5.66. The topological polar surface area (TPSA) is 69.4 Å². The van der Waals surface area contributed by atoms with E-state index in [0.29, 0.717) is 17.9 Å². The van der Waals surface area contributed by atoms with Crippen LogP contribution in [0.4, 0.5) is 0 Å². The Bertz CT molecular complexity index is 1070. The molecule has 0 aliphatic carbocycles. The lowest BCUT2D eigenvalue weighted by molar-refractivity contribution is 0.126. The molecule has 1 N–H and O–H groups in total. The van der Waals surface area contributed by atoms with E-state index in [0.717, 1.165) is 22.4 Å². The fraction of sp³-hybridized carbons (Fsp3) is 0.217. The number of aliphatic hydroxyl groups excluding tert-OH is 1. The molecule has 31 heavy (non-hydrogen) atoms. The second-order valence-corrected chi connectivity index (χ2v) is 8.80. The third-order valence-corrected chi connectivity index (χ3v) is 6.48. The van der Waals surface area contributed by atoms with Crippen LogP contribution in [-0.2, 0) is 6.42 Å². The number of hydrogen-bond donors (Lipinski definition) is 1. The number of ether oxygens (including phenoxy) is 2. The van der Waals surface area contributed by atoms with Gasteiger partial charge in [-0.25, -0.2) is 0 Å². The van der Waals surface area contributed by atoms with Gasteiger partial charge in [-0.2, -0.15) is 0 Å². The van der Waals surface area contributed by atoms with Crippen molar-refractivity contribution in [1.82, 2.24) is 14.8 Å². The predicted molar refractivity (Wildman–Crippen MR) is 124 cm³/mol. The maximum Gasteiger partial charge on any atom is 0.195 e. The van der Waals surface area contributed by atoms with Gasteiger partial charge in [0.25, 0.3) is 0 Å². The monoisotopic (exact) mass is 453 g/mol. The Balaban J connectivity index is 1.42. The maximum atomic E-state index is 10.4. The number of para-hydroxylation sites is 1. The zero-order valence-electron chi connectivity index (χ0n) is 17.0. The Morgan fingerprint density at radius 2 is 1.77 bits per heavy atom. The second kappa shape index (κ2) is 10.5. The van der Waals surface area contributed by atoms with E-state index in [1.165, 1.54) is 16.6 Å². The highest BCUT2D eigenvalue weighted by Crippen LogP contribution is 2.25. The lowest BCUT2D eigenvalue weighted by Crippen LogP contribution is -2.20. The smallest absolute Gasteiger partial charge is 0.195 e. The highest BCUT2D eigenvalue weighted by Gasteiger charge is 2.17. The molecule has 8 heteroatoms. The van der Waals surface area contributed by atoms with Crippen LogP contribution in [0.25, 0.3) is 5.69 Å². The first kappa shape index (κ1) is 21.4. The molecule has 4 aromatic rings. The number of rotatable bonds is 10. The molecular weight excluding hydrogens is 430 g/mol. The van der Waals surface area contributed by atoms with Gasteiger partial charge in [0.15, 0.2) is 5.16 Å². The van der Waals surface area contributed by atoms with E-state index >= 15 is 0 Å². The van der Waals surface area contributed by atoms with Crippen molar-refractivity contribution in [1.29, 1.82) is 0 Å². The largest absolute Gasteiger partial charge is 0.497 e. The standard InChI is InChI=1S/C23H23N3O3S2/c1-28-19-9-11-20(12-10-19)29-15-18(27)16-31-23-25-24-22(14-21-8-5-13-30-21)26(23)17-6-3-2-4-7-17/h2-13,18,27H,14-16H2,1H3. The molecule has 6 nitrogen and oxygen atoms in total. The van der Waals surface area contributed by atoms with Crippen LogP contribution in [-0.4, -0.2) is 45.4 Å². The van der Waals surface area contributed by atoms with E-state index in [2.05, 4.69) is 26.2 Å². The van der Waals surface area contributed by atoms with Gasteiger partial charge in [-0.15, -0.1) is 21.5 Å². The number of hydrogen-bond acceptors (Lipinski definition) is 7. The van der Waals surface area contributed by atoms with E-state index < -0.39 is 6.10 Å². The fourth-order valence-corrected chi connectivity index (χ4v) is 4.57. The van der Waals surface area contributed by atoms with E-state index in [9.17, 15) is 5.11 Å². The van der Waals surface area contributed by atoms with Gasteiger partial charge >= 0.3 is 0 Å². The van der Waals surface area contributed by atoms with Gasteiger partial charge in [0.1, 0.15) is 23.9 Å². The number of nitrogens with zero attached hydrogens (tertiary/aromatic N) is 3. The van der Waals surface area contributed by atoms with E-state index in [-0.39, 0.29) is 6.61 Å². The van der Waals surface area contributed by atoms with Gasteiger partial charge in [-0.1, -0.05) is 36.0 Å². The molecule has 2 heterocycles. The summed E-state index contributed by atoms with van der Waals surface area (Å²) >= 11 is 3.17. The van der Waals surface area contributed by atoms with Crippen molar-refractivity contribution in [2.45, 2.75) is 17.7 Å². The summed E-state index contributed by atoms with van der Waals surface area (Å²) in [4.78, 5) is 1.23. The SMILES string of the molecule is COc1ccc(OCC(O)CSc2nnc(Cc3cccs3)n2-c2ccccc2)cc1. The van der Waals surface area contributed by atoms with Crippen LogP contribution >= 0.6 is 23.1 Å². The summed E-state index contributed by atoms with van der Waals surface area (Å²) in [5.41, 5.74) is 1.01. The summed E-state index contributed by atoms with van der Waals surface area (Å²) in [5.74, 6) is 2.78. The molecule has 0 saturated heterocycles. The zero-order chi connectivity index (χ0) is 21.5. The molecule has 2 aromatic heterocycles. The zero-order valence-corrected chi connectivity index (χ0v) is 18.7. The van der Waals surface area contributed by atoms with Crippen molar-refractivity contribution in [3.8, 4) is 17.2 Å². The first-order chi connectivity index (χ1) is 15.2. The number of thioether (sulfide) groups is 1. The van der Waals surface area contributed by atoms with Crippen molar-refractivity contribution < 1.29 is 14.6 Å². The third-order valence-electron chi connectivity index (χ3n) is 4.53. The Morgan fingerprint density at radius 1 is 1.00 bits per heavy atom. The Morgan fingerprint density at radius 3 is 2.48 bits per heavy atom. The minimum atomic E-state index is -0.645. The van der Waals surface area contributed by atoms with Crippen LogP contribution in [0, 0.1) is 0 Å². The minimum absolute atomic E-state index is 0.195. The number of aliphatic hydroxyl groups is 1. The molecule has 0 bridgehead atoms. The first-order valence-electron chi connectivity index (χ1n) is 9.83. The van der Waals surface area contributed by atoms with Crippen LogP contribution in [0.2, 0.25) is 0 Å². The Labute approximate surface area is 189 Å². The molecule has 2 aromatic carbocycles. The van der Waals surface area contributed by atoms with Gasteiger partial charge in [0.05, 0.1) is 13.2 Å². The van der Waals surface area contributed by atoms with Gasteiger partial charge in [0.2, 0.25) is 0 Å². The average molecular weight is 454 g/mol. The average Bonchev–Trinajstić information content (AvgIpc) is 3.47. The summed E-state index contributed by atoms with van der Waals surface area (Å²) < 4.78 is 12.9. The highest BCUT2D eigenvalue weighted by molar-refractivity contribution is 7.99. The van der Waals surface area contributed by atoms with Crippen molar-refractivity contribution >= 4 is 23.1 Å². The molecule has 0 spiro atoms. The summed E-state index contributed by atoms with van der Waals surface area (Å²) in [6.07, 6.45) is 0.0669. The molecule has 0 aliphatic rings. The molecular formula is C23H23N3O3S2. The molecule has 0 aliphatic heterocycles. The Hall–Kier alpha value is -2.81. The number of aromatic nitrogens is 3.